The molecule has 0 spiro atoms. The Morgan fingerprint density at radius 3 is 2.57 bits per heavy atom. The third-order valence-electron chi connectivity index (χ3n) is 2.98. The number of amides is 2. The molecular formula is C15H13FN3O4-. The number of aromatic nitrogens is 1. The van der Waals surface area contributed by atoms with Gasteiger partial charge in [0.25, 0.3) is 5.91 Å². The SMILES string of the molecule is CNC(=O)c1cc(Oc2ccc(N(C)C(=O)[O-])c(F)c2)ccn1. The standard InChI is InChI=1S/C15H14FN3O4/c1-17-14(20)12-8-10(5-6-18-12)23-9-3-4-13(11(16)7-9)19(2)15(21)22/h3-8H,1-2H3,(H,17,20)(H,21,22)/p-1. The van der Waals surface area contributed by atoms with Crippen LogP contribution in [0.5, 0.6) is 11.5 Å². The summed E-state index contributed by atoms with van der Waals surface area (Å²) in [4.78, 5) is 26.8. The molecule has 0 saturated carbocycles. The molecule has 0 bridgehead atoms. The zero-order valence-corrected chi connectivity index (χ0v) is 12.4. The zero-order chi connectivity index (χ0) is 17.0. The van der Waals surface area contributed by atoms with E-state index in [1.807, 2.05) is 0 Å². The smallest absolute Gasteiger partial charge is 0.269 e. The summed E-state index contributed by atoms with van der Waals surface area (Å²) in [7, 11) is 2.65. The van der Waals surface area contributed by atoms with Crippen LogP contribution in [0.2, 0.25) is 0 Å². The molecule has 23 heavy (non-hydrogen) atoms. The largest absolute Gasteiger partial charge is 0.530 e. The predicted octanol–water partition coefficient (Wildman–Crippen LogP) is 1.15. The first-order chi connectivity index (χ1) is 10.9. The second-order valence-electron chi connectivity index (χ2n) is 4.50. The van der Waals surface area contributed by atoms with Gasteiger partial charge in [0.15, 0.2) is 5.82 Å². The number of benzene rings is 1. The lowest BCUT2D eigenvalue weighted by molar-refractivity contribution is -0.246. The zero-order valence-electron chi connectivity index (χ0n) is 12.4. The minimum Gasteiger partial charge on any atom is -0.530 e. The van der Waals surface area contributed by atoms with Crippen molar-refractivity contribution in [3.8, 4) is 11.5 Å². The van der Waals surface area contributed by atoms with E-state index in [1.54, 1.807) is 0 Å². The fourth-order valence-electron chi connectivity index (χ4n) is 1.78. The molecule has 0 saturated heterocycles. The second kappa shape index (κ2) is 6.73. The van der Waals surface area contributed by atoms with Gasteiger partial charge >= 0.3 is 0 Å². The molecule has 0 atom stereocenters. The molecule has 2 aromatic rings. The minimum atomic E-state index is -1.53. The highest BCUT2D eigenvalue weighted by atomic mass is 19.1. The molecule has 2 amide bonds. The number of hydrogen-bond acceptors (Lipinski definition) is 5. The molecule has 2 rings (SSSR count). The van der Waals surface area contributed by atoms with Crippen molar-refractivity contribution < 1.29 is 23.8 Å². The number of carbonyl (C=O) groups is 2. The molecule has 0 aliphatic carbocycles. The Morgan fingerprint density at radius 1 is 1.26 bits per heavy atom. The van der Waals surface area contributed by atoms with E-state index >= 15 is 0 Å². The van der Waals surface area contributed by atoms with Crippen LogP contribution in [0.3, 0.4) is 0 Å². The van der Waals surface area contributed by atoms with Crippen LogP contribution in [-0.2, 0) is 0 Å². The first-order valence-corrected chi connectivity index (χ1v) is 6.52. The van der Waals surface area contributed by atoms with Crippen LogP contribution in [0.4, 0.5) is 14.9 Å². The molecule has 8 heteroatoms. The first-order valence-electron chi connectivity index (χ1n) is 6.52. The third kappa shape index (κ3) is 3.73. The summed E-state index contributed by atoms with van der Waals surface area (Å²) < 4.78 is 19.4. The fourth-order valence-corrected chi connectivity index (χ4v) is 1.78. The quantitative estimate of drug-likeness (QED) is 0.912. The Morgan fingerprint density at radius 2 is 1.96 bits per heavy atom. The van der Waals surface area contributed by atoms with Crippen LogP contribution < -0.4 is 20.1 Å². The van der Waals surface area contributed by atoms with Crippen LogP contribution >= 0.6 is 0 Å². The summed E-state index contributed by atoms with van der Waals surface area (Å²) in [6, 6.07) is 6.59. The summed E-state index contributed by atoms with van der Waals surface area (Å²) in [5, 5.41) is 13.2. The Labute approximate surface area is 131 Å². The van der Waals surface area contributed by atoms with Gasteiger partial charge in [0.05, 0.1) is 5.69 Å². The monoisotopic (exact) mass is 318 g/mol. The van der Waals surface area contributed by atoms with E-state index in [4.69, 9.17) is 4.74 Å². The van der Waals surface area contributed by atoms with Crippen LogP contribution in [0.25, 0.3) is 0 Å². The van der Waals surface area contributed by atoms with Crippen molar-refractivity contribution in [2.24, 2.45) is 0 Å². The van der Waals surface area contributed by atoms with E-state index in [1.165, 1.54) is 44.6 Å². The molecule has 1 aromatic heterocycles. The maximum Gasteiger partial charge on any atom is 0.269 e. The topological polar surface area (TPSA) is 94.6 Å². The lowest BCUT2D eigenvalue weighted by atomic mass is 10.2. The first kappa shape index (κ1) is 16.2. The normalized spacial score (nSPS) is 10.0. The van der Waals surface area contributed by atoms with Gasteiger partial charge in [-0.3, -0.25) is 9.78 Å². The third-order valence-corrected chi connectivity index (χ3v) is 2.98. The van der Waals surface area contributed by atoms with Gasteiger partial charge in [0, 0.05) is 32.4 Å². The van der Waals surface area contributed by atoms with Gasteiger partial charge in [-0.1, -0.05) is 0 Å². The molecule has 0 fully saturated rings. The molecular weight excluding hydrogens is 305 g/mol. The average Bonchev–Trinajstić information content (AvgIpc) is 2.53. The summed E-state index contributed by atoms with van der Waals surface area (Å²) in [5.74, 6) is -0.728. The maximum atomic E-state index is 13.9. The number of anilines is 1. The number of rotatable bonds is 4. The Kier molecular flexibility index (Phi) is 4.75. The molecule has 1 aromatic carbocycles. The number of nitrogens with zero attached hydrogens (tertiary/aromatic N) is 2. The number of pyridine rings is 1. The van der Waals surface area contributed by atoms with Crippen molar-refractivity contribution in [2.45, 2.75) is 0 Å². The van der Waals surface area contributed by atoms with Crippen molar-refractivity contribution in [1.29, 1.82) is 0 Å². The highest BCUT2D eigenvalue weighted by Crippen LogP contribution is 2.27. The molecule has 1 heterocycles. The number of halogens is 1. The van der Waals surface area contributed by atoms with Crippen molar-refractivity contribution >= 4 is 17.7 Å². The Bertz CT molecular complexity index is 751. The van der Waals surface area contributed by atoms with E-state index in [9.17, 15) is 19.1 Å². The molecule has 0 aliphatic heterocycles. The molecule has 120 valence electrons. The van der Waals surface area contributed by atoms with Crippen LogP contribution in [0, 0.1) is 5.82 Å². The van der Waals surface area contributed by atoms with Crippen LogP contribution in [0.15, 0.2) is 36.5 Å². The van der Waals surface area contributed by atoms with Gasteiger partial charge in [0.1, 0.15) is 23.3 Å². The number of ether oxygens (including phenoxy) is 1. The Hall–Kier alpha value is -3.16. The van der Waals surface area contributed by atoms with Crippen molar-refractivity contribution in [3.63, 3.8) is 0 Å². The maximum absolute atomic E-state index is 13.9. The highest BCUT2D eigenvalue weighted by Gasteiger charge is 2.11. The predicted molar refractivity (Wildman–Crippen MR) is 77.9 cm³/mol. The second-order valence-corrected chi connectivity index (χ2v) is 4.50. The van der Waals surface area contributed by atoms with E-state index in [0.717, 1.165) is 6.07 Å². The molecule has 0 aliphatic rings. The molecule has 1 N–H and O–H groups in total. The average molecular weight is 318 g/mol. The summed E-state index contributed by atoms with van der Waals surface area (Å²) in [6.07, 6.45) is -0.143. The van der Waals surface area contributed by atoms with E-state index < -0.39 is 11.9 Å². The molecule has 0 radical (unpaired) electrons. The minimum absolute atomic E-state index is 0.145. The summed E-state index contributed by atoms with van der Waals surface area (Å²) >= 11 is 0. The summed E-state index contributed by atoms with van der Waals surface area (Å²) in [5.41, 5.74) is -0.00287. The van der Waals surface area contributed by atoms with Crippen molar-refractivity contribution in [1.82, 2.24) is 10.3 Å². The lowest BCUT2D eigenvalue weighted by Gasteiger charge is -2.20. The van der Waals surface area contributed by atoms with E-state index in [0.29, 0.717) is 10.6 Å². The van der Waals surface area contributed by atoms with E-state index in [-0.39, 0.29) is 23.0 Å². The van der Waals surface area contributed by atoms with Crippen molar-refractivity contribution in [2.75, 3.05) is 19.0 Å². The van der Waals surface area contributed by atoms with E-state index in [2.05, 4.69) is 10.3 Å². The van der Waals surface area contributed by atoms with Gasteiger partial charge in [-0.05, 0) is 18.2 Å². The van der Waals surface area contributed by atoms with Gasteiger partial charge < -0.3 is 24.9 Å². The van der Waals surface area contributed by atoms with Crippen LogP contribution in [0.1, 0.15) is 10.5 Å². The number of carbonyl (C=O) groups excluding carboxylic acids is 2. The molecule has 0 unspecified atom stereocenters. The number of nitrogens with one attached hydrogen (secondary N) is 1. The highest BCUT2D eigenvalue weighted by molar-refractivity contribution is 5.92. The van der Waals surface area contributed by atoms with Gasteiger partial charge in [-0.15, -0.1) is 0 Å². The lowest BCUT2D eigenvalue weighted by Crippen LogP contribution is -2.38. The van der Waals surface area contributed by atoms with Crippen molar-refractivity contribution in [3.05, 3.63) is 48.0 Å². The van der Waals surface area contributed by atoms with Gasteiger partial charge in [0.2, 0.25) is 0 Å². The van der Waals surface area contributed by atoms with Crippen LogP contribution in [-0.4, -0.2) is 31.1 Å². The number of hydrogen-bond donors (Lipinski definition) is 1. The Balaban J connectivity index is 2.23. The van der Waals surface area contributed by atoms with Gasteiger partial charge in [-0.2, -0.15) is 0 Å². The summed E-state index contributed by atoms with van der Waals surface area (Å²) in [6.45, 7) is 0. The molecule has 7 nitrogen and oxygen atoms in total. The number of carboxylic acid groups (broad SMARTS) is 1. The fraction of sp³-hybridized carbons (Fsp3) is 0.133. The van der Waals surface area contributed by atoms with Gasteiger partial charge in [-0.25, -0.2) is 4.39 Å².